The van der Waals surface area contributed by atoms with Crippen molar-refractivity contribution in [1.29, 1.82) is 0 Å². The summed E-state index contributed by atoms with van der Waals surface area (Å²) in [6.07, 6.45) is 4.55. The van der Waals surface area contributed by atoms with E-state index >= 15 is 0 Å². The van der Waals surface area contributed by atoms with Gasteiger partial charge >= 0.3 is 6.03 Å². The number of urea groups is 1. The molecule has 1 aromatic carbocycles. The van der Waals surface area contributed by atoms with Crippen molar-refractivity contribution >= 4 is 11.9 Å². The Hall–Kier alpha value is -2.12. The second-order valence-corrected chi connectivity index (χ2v) is 11.9. The molecule has 194 valence electrons. The predicted molar refractivity (Wildman–Crippen MR) is 140 cm³/mol. The highest BCUT2D eigenvalue weighted by Crippen LogP contribution is 2.38. The normalized spacial score (nSPS) is 24.7. The molecular formula is C28H45N5O2. The van der Waals surface area contributed by atoms with Crippen LogP contribution in [0.25, 0.3) is 0 Å². The molecule has 0 radical (unpaired) electrons. The van der Waals surface area contributed by atoms with Gasteiger partial charge in [-0.25, -0.2) is 4.79 Å². The molecule has 4 rings (SSSR count). The van der Waals surface area contributed by atoms with Gasteiger partial charge in [-0.2, -0.15) is 0 Å². The maximum Gasteiger partial charge on any atom is 0.317 e. The number of likely N-dealkylation sites (tertiary alicyclic amines) is 2. The molecule has 3 saturated heterocycles. The zero-order valence-electron chi connectivity index (χ0n) is 22.3. The Morgan fingerprint density at radius 3 is 2.31 bits per heavy atom. The summed E-state index contributed by atoms with van der Waals surface area (Å²) >= 11 is 0. The molecule has 7 heteroatoms. The Kier molecular flexibility index (Phi) is 7.77. The van der Waals surface area contributed by atoms with Crippen molar-refractivity contribution in [3.8, 4) is 0 Å². The summed E-state index contributed by atoms with van der Waals surface area (Å²) in [4.78, 5) is 33.3. The largest absolute Gasteiger partial charge is 0.333 e. The van der Waals surface area contributed by atoms with Gasteiger partial charge in [0.1, 0.15) is 0 Å². The lowest BCUT2D eigenvalue weighted by Gasteiger charge is -2.49. The first-order valence-electron chi connectivity index (χ1n) is 13.6. The van der Waals surface area contributed by atoms with Gasteiger partial charge in [-0.3, -0.25) is 15.0 Å². The molecule has 3 fully saturated rings. The van der Waals surface area contributed by atoms with Gasteiger partial charge in [0.05, 0.1) is 11.7 Å². The minimum Gasteiger partial charge on any atom is -0.333 e. The highest BCUT2D eigenvalue weighted by Gasteiger charge is 2.55. The number of piperidine rings is 2. The third-order valence-corrected chi connectivity index (χ3v) is 8.13. The van der Waals surface area contributed by atoms with Crippen LogP contribution in [-0.2, 0) is 11.3 Å². The minimum atomic E-state index is -0.337. The van der Waals surface area contributed by atoms with E-state index in [2.05, 4.69) is 64.6 Å². The molecule has 1 spiro atoms. The molecule has 3 aliphatic rings. The topological polar surface area (TPSA) is 67.9 Å². The average Bonchev–Trinajstić information content (AvgIpc) is 3.10. The van der Waals surface area contributed by atoms with Crippen molar-refractivity contribution in [3.63, 3.8) is 0 Å². The van der Waals surface area contributed by atoms with E-state index in [-0.39, 0.29) is 35.2 Å². The molecule has 3 amide bonds. The van der Waals surface area contributed by atoms with Crippen molar-refractivity contribution in [3.05, 3.63) is 35.9 Å². The van der Waals surface area contributed by atoms with Crippen LogP contribution in [0.3, 0.4) is 0 Å². The van der Waals surface area contributed by atoms with Crippen LogP contribution in [0.1, 0.15) is 72.3 Å². The van der Waals surface area contributed by atoms with Crippen LogP contribution in [0.2, 0.25) is 0 Å². The van der Waals surface area contributed by atoms with E-state index in [0.717, 1.165) is 51.7 Å². The quantitative estimate of drug-likeness (QED) is 0.669. The van der Waals surface area contributed by atoms with E-state index in [1.807, 2.05) is 25.7 Å². The molecule has 0 aliphatic carbocycles. The summed E-state index contributed by atoms with van der Waals surface area (Å²) in [7, 11) is 0. The van der Waals surface area contributed by atoms with Gasteiger partial charge in [0, 0.05) is 57.1 Å². The van der Waals surface area contributed by atoms with Crippen LogP contribution in [0.15, 0.2) is 30.3 Å². The first-order chi connectivity index (χ1) is 16.6. The lowest BCUT2D eigenvalue weighted by atomic mass is 9.92. The maximum atomic E-state index is 13.8. The van der Waals surface area contributed by atoms with Crippen LogP contribution in [-0.4, -0.2) is 76.1 Å². The van der Waals surface area contributed by atoms with E-state index < -0.39 is 0 Å². The van der Waals surface area contributed by atoms with Gasteiger partial charge in [0.2, 0.25) is 5.91 Å². The smallest absolute Gasteiger partial charge is 0.317 e. The van der Waals surface area contributed by atoms with Gasteiger partial charge in [0.15, 0.2) is 0 Å². The van der Waals surface area contributed by atoms with Gasteiger partial charge in [-0.05, 0) is 45.1 Å². The molecule has 3 heterocycles. The van der Waals surface area contributed by atoms with E-state index in [1.165, 1.54) is 5.56 Å². The average molecular weight is 484 g/mol. The minimum absolute atomic E-state index is 0.00378. The summed E-state index contributed by atoms with van der Waals surface area (Å²) in [5.74, 6) is 0.568. The van der Waals surface area contributed by atoms with Gasteiger partial charge < -0.3 is 15.1 Å². The fourth-order valence-corrected chi connectivity index (χ4v) is 5.97. The van der Waals surface area contributed by atoms with Gasteiger partial charge in [-0.15, -0.1) is 0 Å². The first kappa shape index (κ1) is 26.0. The number of benzene rings is 1. The van der Waals surface area contributed by atoms with E-state index in [9.17, 15) is 9.59 Å². The number of nitrogens with one attached hydrogen (secondary N) is 2. The summed E-state index contributed by atoms with van der Waals surface area (Å²) in [6.45, 7) is 14.7. The van der Waals surface area contributed by atoms with Crippen molar-refractivity contribution in [2.75, 3.05) is 26.2 Å². The van der Waals surface area contributed by atoms with Crippen LogP contribution >= 0.6 is 0 Å². The molecule has 2 atom stereocenters. The van der Waals surface area contributed by atoms with E-state index in [1.54, 1.807) is 0 Å². The van der Waals surface area contributed by atoms with Gasteiger partial charge in [-0.1, -0.05) is 50.6 Å². The second kappa shape index (κ2) is 10.5. The molecule has 0 unspecified atom stereocenters. The van der Waals surface area contributed by atoms with E-state index in [0.29, 0.717) is 19.0 Å². The SMILES string of the molecule is CC[C@H](C)[C@H]1NC2(CCN(C(=O)NC(C)(C)C)CC2)N(C2CCN(Cc3ccccc3)CC2)C1=O. The zero-order chi connectivity index (χ0) is 25.2. The number of hydrogen-bond acceptors (Lipinski definition) is 4. The Labute approximate surface area is 211 Å². The lowest BCUT2D eigenvalue weighted by molar-refractivity contribution is -0.138. The number of hydrogen-bond donors (Lipinski definition) is 2. The molecule has 3 aliphatic heterocycles. The molecule has 0 saturated carbocycles. The number of carbonyl (C=O) groups excluding carboxylic acids is 2. The number of rotatable bonds is 5. The van der Waals surface area contributed by atoms with Crippen molar-refractivity contribution < 1.29 is 9.59 Å². The second-order valence-electron chi connectivity index (χ2n) is 11.9. The fourth-order valence-electron chi connectivity index (χ4n) is 5.97. The Balaban J connectivity index is 1.44. The van der Waals surface area contributed by atoms with Gasteiger partial charge in [0.25, 0.3) is 0 Å². The Bertz CT molecular complexity index is 867. The van der Waals surface area contributed by atoms with Crippen molar-refractivity contribution in [2.45, 2.75) is 96.6 Å². The molecular weight excluding hydrogens is 438 g/mol. The summed E-state index contributed by atoms with van der Waals surface area (Å²) in [5.41, 5.74) is 0.754. The van der Waals surface area contributed by atoms with Crippen LogP contribution in [0, 0.1) is 5.92 Å². The number of amides is 3. The van der Waals surface area contributed by atoms with Crippen LogP contribution in [0.4, 0.5) is 4.79 Å². The fraction of sp³-hybridized carbons (Fsp3) is 0.714. The van der Waals surface area contributed by atoms with Crippen LogP contribution < -0.4 is 10.6 Å². The summed E-state index contributed by atoms with van der Waals surface area (Å²) in [6, 6.07) is 10.8. The summed E-state index contributed by atoms with van der Waals surface area (Å²) in [5, 5.41) is 6.91. The number of nitrogens with zero attached hydrogens (tertiary/aromatic N) is 3. The molecule has 0 bridgehead atoms. The summed E-state index contributed by atoms with van der Waals surface area (Å²) < 4.78 is 0. The third-order valence-electron chi connectivity index (χ3n) is 8.13. The standard InChI is InChI=1S/C28H45N5O2/c1-6-21(2)24-25(34)33(23-12-16-31(17-13-23)20-22-10-8-7-9-11-22)28(29-24)14-18-32(19-15-28)26(35)30-27(3,4)5/h7-11,21,23-24,29H,6,12-20H2,1-5H3,(H,30,35)/t21-,24+/m0/s1. The first-order valence-corrected chi connectivity index (χ1v) is 13.6. The molecule has 0 aromatic heterocycles. The lowest BCUT2D eigenvalue weighted by Crippen LogP contribution is -2.64. The Morgan fingerprint density at radius 1 is 1.11 bits per heavy atom. The third kappa shape index (κ3) is 5.83. The van der Waals surface area contributed by atoms with E-state index in [4.69, 9.17) is 0 Å². The number of carbonyl (C=O) groups is 2. The highest BCUT2D eigenvalue weighted by atomic mass is 16.2. The highest BCUT2D eigenvalue weighted by molar-refractivity contribution is 5.86. The van der Waals surface area contributed by atoms with Crippen molar-refractivity contribution in [2.24, 2.45) is 5.92 Å². The Morgan fingerprint density at radius 2 is 1.74 bits per heavy atom. The monoisotopic (exact) mass is 483 g/mol. The molecule has 1 aromatic rings. The zero-order valence-corrected chi connectivity index (χ0v) is 22.3. The molecule has 2 N–H and O–H groups in total. The molecule has 35 heavy (non-hydrogen) atoms. The molecule has 7 nitrogen and oxygen atoms in total. The van der Waals surface area contributed by atoms with Crippen molar-refractivity contribution in [1.82, 2.24) is 25.3 Å². The maximum absolute atomic E-state index is 13.8. The predicted octanol–water partition coefficient (Wildman–Crippen LogP) is 3.80. The van der Waals surface area contributed by atoms with Crippen LogP contribution in [0.5, 0.6) is 0 Å².